The normalized spacial score (nSPS) is 12.0. The predicted molar refractivity (Wildman–Crippen MR) is 117 cm³/mol. The number of rotatable bonds is 5. The van der Waals surface area contributed by atoms with Crippen LogP contribution in [-0.4, -0.2) is 41.0 Å². The van der Waals surface area contributed by atoms with Crippen molar-refractivity contribution in [3.8, 4) is 11.3 Å². The molecule has 0 N–H and O–H groups in total. The molecule has 3 rings (SSSR count). The quantitative estimate of drug-likeness (QED) is 0.574. The number of ether oxygens (including phenoxy) is 1. The van der Waals surface area contributed by atoms with Gasteiger partial charge in [-0.05, 0) is 62.4 Å². The maximum absolute atomic E-state index is 13.4. The summed E-state index contributed by atoms with van der Waals surface area (Å²) in [6.45, 7) is 7.85. The molecule has 0 saturated carbocycles. The monoisotopic (exact) mass is 447 g/mol. The molecule has 7 nitrogen and oxygen atoms in total. The van der Waals surface area contributed by atoms with E-state index in [-0.39, 0.29) is 11.4 Å². The standard InChI is InChI=1S/C21H25N3O4S2/c1-15-13-29-14-18(15)19-9-16(11-23(20(25)28-5)21(2,3)4)12-24(19)30(26,27)17-7-6-8-22-10-17/h6-10,12-14H,11H2,1-5H3. The van der Waals surface area contributed by atoms with Gasteiger partial charge in [-0.15, -0.1) is 0 Å². The summed E-state index contributed by atoms with van der Waals surface area (Å²) in [6.07, 6.45) is 3.95. The third-order valence-corrected chi connectivity index (χ3v) is 7.23. The van der Waals surface area contributed by atoms with Crippen LogP contribution >= 0.6 is 11.3 Å². The molecule has 9 heteroatoms. The number of pyridine rings is 1. The van der Waals surface area contributed by atoms with E-state index < -0.39 is 21.7 Å². The molecule has 0 bridgehead atoms. The van der Waals surface area contributed by atoms with Gasteiger partial charge in [0.2, 0.25) is 0 Å². The van der Waals surface area contributed by atoms with Gasteiger partial charge in [-0.3, -0.25) is 9.88 Å². The molecule has 0 unspecified atom stereocenters. The van der Waals surface area contributed by atoms with Crippen LogP contribution in [-0.2, 0) is 21.3 Å². The van der Waals surface area contributed by atoms with Crippen LogP contribution in [0.15, 0.2) is 52.4 Å². The molecule has 30 heavy (non-hydrogen) atoms. The zero-order valence-corrected chi connectivity index (χ0v) is 19.3. The van der Waals surface area contributed by atoms with Gasteiger partial charge in [0.25, 0.3) is 10.0 Å². The Morgan fingerprint density at radius 1 is 1.30 bits per heavy atom. The molecule has 0 aliphatic carbocycles. The van der Waals surface area contributed by atoms with Crippen LogP contribution < -0.4 is 0 Å². The summed E-state index contributed by atoms with van der Waals surface area (Å²) >= 11 is 1.51. The first kappa shape index (κ1) is 22.0. The summed E-state index contributed by atoms with van der Waals surface area (Å²) in [7, 11) is -2.53. The second-order valence-corrected chi connectivity index (χ2v) is 10.5. The van der Waals surface area contributed by atoms with E-state index in [1.165, 1.54) is 40.9 Å². The molecule has 0 radical (unpaired) electrons. The Morgan fingerprint density at radius 3 is 2.57 bits per heavy atom. The van der Waals surface area contributed by atoms with Gasteiger partial charge in [0.05, 0.1) is 19.3 Å². The summed E-state index contributed by atoms with van der Waals surface area (Å²) < 4.78 is 32.9. The molecule has 3 aromatic rings. The molecule has 0 aromatic carbocycles. The van der Waals surface area contributed by atoms with Crippen molar-refractivity contribution >= 4 is 27.5 Å². The first-order valence-corrected chi connectivity index (χ1v) is 11.7. The fourth-order valence-corrected chi connectivity index (χ4v) is 5.28. The minimum atomic E-state index is -3.86. The van der Waals surface area contributed by atoms with E-state index >= 15 is 0 Å². The largest absolute Gasteiger partial charge is 0.453 e. The van der Waals surface area contributed by atoms with Crippen molar-refractivity contribution in [2.75, 3.05) is 7.11 Å². The van der Waals surface area contributed by atoms with Crippen LogP contribution in [0.2, 0.25) is 0 Å². The van der Waals surface area contributed by atoms with E-state index in [0.29, 0.717) is 11.3 Å². The van der Waals surface area contributed by atoms with E-state index in [2.05, 4.69) is 4.98 Å². The third kappa shape index (κ3) is 4.27. The highest BCUT2D eigenvalue weighted by Crippen LogP contribution is 2.32. The molecule has 3 aromatic heterocycles. The highest BCUT2D eigenvalue weighted by Gasteiger charge is 2.29. The highest BCUT2D eigenvalue weighted by molar-refractivity contribution is 7.90. The van der Waals surface area contributed by atoms with E-state index in [9.17, 15) is 13.2 Å². The number of hydrogen-bond donors (Lipinski definition) is 0. The predicted octanol–water partition coefficient (Wildman–Crippen LogP) is 4.52. The number of thiophene rings is 1. The molecular weight excluding hydrogens is 422 g/mol. The molecule has 0 spiro atoms. The van der Waals surface area contributed by atoms with E-state index in [4.69, 9.17) is 4.74 Å². The highest BCUT2D eigenvalue weighted by atomic mass is 32.2. The summed E-state index contributed by atoms with van der Waals surface area (Å²) in [5.41, 5.74) is 2.54. The fraction of sp³-hybridized carbons (Fsp3) is 0.333. The topological polar surface area (TPSA) is 81.5 Å². The lowest BCUT2D eigenvalue weighted by Crippen LogP contribution is -2.44. The SMILES string of the molecule is COC(=O)N(Cc1cc(-c2cscc2C)n(S(=O)(=O)c2cccnc2)c1)C(C)(C)C. The van der Waals surface area contributed by atoms with Gasteiger partial charge < -0.3 is 4.74 Å². The Kier molecular flexibility index (Phi) is 6.05. The van der Waals surface area contributed by atoms with Crippen molar-refractivity contribution in [3.63, 3.8) is 0 Å². The number of carbonyl (C=O) groups excluding carboxylic acids is 1. The van der Waals surface area contributed by atoms with Crippen LogP contribution in [0.3, 0.4) is 0 Å². The van der Waals surface area contributed by atoms with Crippen molar-refractivity contribution in [1.29, 1.82) is 0 Å². The summed E-state index contributed by atoms with van der Waals surface area (Å²) in [5.74, 6) is 0. The van der Waals surface area contributed by atoms with Crippen molar-refractivity contribution in [1.82, 2.24) is 13.9 Å². The van der Waals surface area contributed by atoms with Crippen molar-refractivity contribution in [3.05, 3.63) is 58.7 Å². The summed E-state index contributed by atoms with van der Waals surface area (Å²) in [6, 6.07) is 4.91. The van der Waals surface area contributed by atoms with Gasteiger partial charge in [0.15, 0.2) is 0 Å². The zero-order valence-electron chi connectivity index (χ0n) is 17.6. The molecule has 3 heterocycles. The lowest BCUT2D eigenvalue weighted by atomic mass is 10.1. The van der Waals surface area contributed by atoms with Crippen molar-refractivity contribution in [2.45, 2.75) is 44.7 Å². The second-order valence-electron chi connectivity index (χ2n) is 7.92. The summed E-state index contributed by atoms with van der Waals surface area (Å²) in [4.78, 5) is 17.9. The number of methoxy groups -OCH3 is 1. The molecule has 160 valence electrons. The Morgan fingerprint density at radius 2 is 2.03 bits per heavy atom. The molecule has 0 atom stereocenters. The van der Waals surface area contributed by atoms with Crippen LogP contribution in [0, 0.1) is 6.92 Å². The minimum absolute atomic E-state index is 0.0990. The average Bonchev–Trinajstić information content (AvgIpc) is 3.31. The third-order valence-electron chi connectivity index (χ3n) is 4.71. The maximum atomic E-state index is 13.4. The number of carbonyl (C=O) groups is 1. The molecule has 0 aliphatic rings. The second kappa shape index (κ2) is 8.23. The Balaban J connectivity index is 2.15. The van der Waals surface area contributed by atoms with Crippen LogP contribution in [0.5, 0.6) is 0 Å². The minimum Gasteiger partial charge on any atom is -0.453 e. The smallest absolute Gasteiger partial charge is 0.410 e. The summed E-state index contributed by atoms with van der Waals surface area (Å²) in [5, 5.41) is 3.89. The van der Waals surface area contributed by atoms with Crippen molar-refractivity contribution in [2.24, 2.45) is 0 Å². The average molecular weight is 448 g/mol. The Labute approximate surface area is 181 Å². The van der Waals surface area contributed by atoms with Crippen molar-refractivity contribution < 1.29 is 17.9 Å². The van der Waals surface area contributed by atoms with Gasteiger partial charge in [0, 0.05) is 35.1 Å². The van der Waals surface area contributed by atoms with Crippen LogP contribution in [0.4, 0.5) is 4.79 Å². The molecule has 0 aliphatic heterocycles. The van der Waals surface area contributed by atoms with Gasteiger partial charge in [-0.2, -0.15) is 11.3 Å². The van der Waals surface area contributed by atoms with Gasteiger partial charge in [-0.25, -0.2) is 17.2 Å². The lowest BCUT2D eigenvalue weighted by Gasteiger charge is -2.34. The lowest BCUT2D eigenvalue weighted by molar-refractivity contribution is 0.0793. The molecular formula is C21H25N3O4S2. The first-order chi connectivity index (χ1) is 14.1. The van der Waals surface area contributed by atoms with Crippen LogP contribution in [0.25, 0.3) is 11.3 Å². The number of nitrogens with zero attached hydrogens (tertiary/aromatic N) is 3. The number of aryl methyl sites for hydroxylation is 1. The van der Waals surface area contributed by atoms with Gasteiger partial charge >= 0.3 is 6.09 Å². The van der Waals surface area contributed by atoms with E-state index in [1.807, 2.05) is 44.5 Å². The van der Waals surface area contributed by atoms with Gasteiger partial charge in [0.1, 0.15) is 4.90 Å². The number of aromatic nitrogens is 2. The van der Waals surface area contributed by atoms with E-state index in [0.717, 1.165) is 11.1 Å². The zero-order chi connectivity index (χ0) is 22.1. The molecule has 1 amide bonds. The molecule has 0 fully saturated rings. The Hall–Kier alpha value is -2.65. The van der Waals surface area contributed by atoms with E-state index in [1.54, 1.807) is 17.2 Å². The molecule has 0 saturated heterocycles. The fourth-order valence-electron chi connectivity index (χ4n) is 3.08. The number of amides is 1. The maximum Gasteiger partial charge on any atom is 0.410 e. The van der Waals surface area contributed by atoms with Crippen LogP contribution in [0.1, 0.15) is 31.9 Å². The van der Waals surface area contributed by atoms with Gasteiger partial charge in [-0.1, -0.05) is 0 Å². The number of hydrogen-bond acceptors (Lipinski definition) is 6. The first-order valence-electron chi connectivity index (χ1n) is 9.31. The Bertz CT molecular complexity index is 1140.